The van der Waals surface area contributed by atoms with Crippen molar-refractivity contribution in [1.29, 1.82) is 0 Å². The quantitative estimate of drug-likeness (QED) is 0.946. The summed E-state index contributed by atoms with van der Waals surface area (Å²) >= 11 is 1.40. The van der Waals surface area contributed by atoms with E-state index in [1.807, 2.05) is 12.1 Å². The van der Waals surface area contributed by atoms with E-state index in [0.717, 1.165) is 24.1 Å². The van der Waals surface area contributed by atoms with Crippen LogP contribution in [0.15, 0.2) is 18.3 Å². The fraction of sp³-hybridized carbons (Fsp3) is 0.467. The molecule has 0 aliphatic carbocycles. The number of pyridine rings is 1. The summed E-state index contributed by atoms with van der Waals surface area (Å²) in [7, 11) is 1.80. The Morgan fingerprint density at radius 2 is 2.43 bits per heavy atom. The normalized spacial score (nSPS) is 18.8. The van der Waals surface area contributed by atoms with Gasteiger partial charge in [-0.15, -0.1) is 11.3 Å². The molecule has 21 heavy (non-hydrogen) atoms. The first kappa shape index (κ1) is 14.3. The van der Waals surface area contributed by atoms with Crippen LogP contribution < -0.4 is 5.73 Å². The fourth-order valence-corrected chi connectivity index (χ4v) is 3.70. The van der Waals surface area contributed by atoms with Gasteiger partial charge in [0.2, 0.25) is 0 Å². The zero-order valence-corrected chi connectivity index (χ0v) is 12.9. The molecule has 2 aromatic heterocycles. The SMILES string of the molecule is CN(CC1CCCCO1)C(=O)c1sc2cccnc2c1N. The van der Waals surface area contributed by atoms with E-state index in [4.69, 9.17) is 10.5 Å². The van der Waals surface area contributed by atoms with E-state index in [2.05, 4.69) is 4.98 Å². The highest BCUT2D eigenvalue weighted by Gasteiger charge is 2.23. The second kappa shape index (κ2) is 5.99. The molecule has 3 heterocycles. The van der Waals surface area contributed by atoms with Gasteiger partial charge < -0.3 is 15.4 Å². The van der Waals surface area contributed by atoms with Crippen molar-refractivity contribution in [2.75, 3.05) is 25.9 Å². The molecule has 2 N–H and O–H groups in total. The van der Waals surface area contributed by atoms with Gasteiger partial charge in [-0.05, 0) is 31.4 Å². The number of nitrogen functional groups attached to an aromatic ring is 1. The van der Waals surface area contributed by atoms with Crippen LogP contribution in [0.2, 0.25) is 0 Å². The summed E-state index contributed by atoms with van der Waals surface area (Å²) in [6, 6.07) is 3.79. The molecule has 2 aromatic rings. The lowest BCUT2D eigenvalue weighted by Gasteiger charge is -2.27. The van der Waals surface area contributed by atoms with Crippen LogP contribution in [-0.4, -0.2) is 42.1 Å². The van der Waals surface area contributed by atoms with Gasteiger partial charge in [0.15, 0.2) is 0 Å². The highest BCUT2D eigenvalue weighted by atomic mass is 32.1. The molecule has 1 fully saturated rings. The number of carbonyl (C=O) groups is 1. The van der Waals surface area contributed by atoms with E-state index in [-0.39, 0.29) is 12.0 Å². The summed E-state index contributed by atoms with van der Waals surface area (Å²) in [6.07, 6.45) is 5.13. The smallest absolute Gasteiger partial charge is 0.265 e. The van der Waals surface area contributed by atoms with Crippen LogP contribution in [0.1, 0.15) is 28.9 Å². The molecule has 0 bridgehead atoms. The number of ether oxygens (including phenoxy) is 1. The minimum Gasteiger partial charge on any atom is -0.396 e. The van der Waals surface area contributed by atoms with Crippen molar-refractivity contribution in [3.63, 3.8) is 0 Å². The highest BCUT2D eigenvalue weighted by Crippen LogP contribution is 2.32. The number of nitrogens with zero attached hydrogens (tertiary/aromatic N) is 2. The first-order valence-electron chi connectivity index (χ1n) is 7.17. The third-order valence-corrected chi connectivity index (χ3v) is 4.92. The number of hydrogen-bond donors (Lipinski definition) is 1. The van der Waals surface area contributed by atoms with Crippen LogP contribution >= 0.6 is 11.3 Å². The lowest BCUT2D eigenvalue weighted by Crippen LogP contribution is -2.37. The molecule has 3 rings (SSSR count). The van der Waals surface area contributed by atoms with E-state index >= 15 is 0 Å². The van der Waals surface area contributed by atoms with Crippen LogP contribution in [-0.2, 0) is 4.74 Å². The van der Waals surface area contributed by atoms with Gasteiger partial charge in [-0.25, -0.2) is 0 Å². The van der Waals surface area contributed by atoms with E-state index in [1.54, 1.807) is 18.1 Å². The lowest BCUT2D eigenvalue weighted by atomic mass is 10.1. The number of thiophene rings is 1. The van der Waals surface area contributed by atoms with Crippen LogP contribution in [0.4, 0.5) is 5.69 Å². The summed E-state index contributed by atoms with van der Waals surface area (Å²) in [4.78, 5) is 19.1. The molecule has 1 aliphatic heterocycles. The molecular weight excluding hydrogens is 286 g/mol. The van der Waals surface area contributed by atoms with E-state index < -0.39 is 0 Å². The largest absolute Gasteiger partial charge is 0.396 e. The summed E-state index contributed by atoms with van der Waals surface area (Å²) in [5.74, 6) is -0.0512. The van der Waals surface area contributed by atoms with Crippen molar-refractivity contribution in [3.05, 3.63) is 23.2 Å². The Morgan fingerprint density at radius 1 is 1.57 bits per heavy atom. The molecule has 5 nitrogen and oxygen atoms in total. The summed E-state index contributed by atoms with van der Waals surface area (Å²) < 4.78 is 6.63. The number of anilines is 1. The van der Waals surface area contributed by atoms with Crippen molar-refractivity contribution in [2.45, 2.75) is 25.4 Å². The Morgan fingerprint density at radius 3 is 3.14 bits per heavy atom. The number of likely N-dealkylation sites (N-methyl/N-ethyl adjacent to an activating group) is 1. The number of fused-ring (bicyclic) bond motifs is 1. The first-order valence-corrected chi connectivity index (χ1v) is 7.98. The van der Waals surface area contributed by atoms with Crippen molar-refractivity contribution in [2.24, 2.45) is 0 Å². The highest BCUT2D eigenvalue weighted by molar-refractivity contribution is 7.21. The molecule has 112 valence electrons. The second-order valence-corrected chi connectivity index (χ2v) is 6.42. The van der Waals surface area contributed by atoms with Gasteiger partial charge in [-0.2, -0.15) is 0 Å². The number of amides is 1. The van der Waals surface area contributed by atoms with Gasteiger partial charge in [-0.1, -0.05) is 0 Å². The third kappa shape index (κ3) is 2.87. The Hall–Kier alpha value is -1.66. The van der Waals surface area contributed by atoms with Gasteiger partial charge in [0.25, 0.3) is 5.91 Å². The number of nitrogens with two attached hydrogens (primary N) is 1. The van der Waals surface area contributed by atoms with Crippen molar-refractivity contribution >= 4 is 33.1 Å². The van der Waals surface area contributed by atoms with Crippen molar-refractivity contribution in [3.8, 4) is 0 Å². The number of rotatable bonds is 3. The van der Waals surface area contributed by atoms with Crippen LogP contribution in [0.5, 0.6) is 0 Å². The number of hydrogen-bond acceptors (Lipinski definition) is 5. The predicted molar refractivity (Wildman–Crippen MR) is 84.6 cm³/mol. The number of aromatic nitrogens is 1. The topological polar surface area (TPSA) is 68.5 Å². The second-order valence-electron chi connectivity index (χ2n) is 5.37. The van der Waals surface area contributed by atoms with Gasteiger partial charge in [-0.3, -0.25) is 9.78 Å². The fourth-order valence-electron chi connectivity index (χ4n) is 2.62. The molecule has 1 aliphatic rings. The average Bonchev–Trinajstić information content (AvgIpc) is 2.85. The van der Waals surface area contributed by atoms with Gasteiger partial charge in [0.1, 0.15) is 10.4 Å². The molecule has 6 heteroatoms. The molecule has 0 spiro atoms. The Bertz CT molecular complexity index is 649. The summed E-state index contributed by atoms with van der Waals surface area (Å²) in [5, 5.41) is 0. The van der Waals surface area contributed by atoms with Gasteiger partial charge in [0.05, 0.1) is 16.5 Å². The Balaban J connectivity index is 1.77. The molecule has 1 amide bonds. The van der Waals surface area contributed by atoms with E-state index in [0.29, 0.717) is 22.6 Å². The van der Waals surface area contributed by atoms with Gasteiger partial charge >= 0.3 is 0 Å². The van der Waals surface area contributed by atoms with E-state index in [9.17, 15) is 4.79 Å². The molecule has 0 radical (unpaired) electrons. The molecule has 1 atom stereocenters. The molecule has 0 saturated carbocycles. The zero-order chi connectivity index (χ0) is 14.8. The maximum atomic E-state index is 12.6. The maximum absolute atomic E-state index is 12.6. The molecule has 1 unspecified atom stereocenters. The molecular formula is C15H19N3O2S. The first-order chi connectivity index (χ1) is 10.2. The Labute approximate surface area is 127 Å². The van der Waals surface area contributed by atoms with Crippen LogP contribution in [0, 0.1) is 0 Å². The summed E-state index contributed by atoms with van der Waals surface area (Å²) in [5.41, 5.74) is 7.28. The lowest BCUT2D eigenvalue weighted by molar-refractivity contribution is -0.0000830. The molecule has 1 saturated heterocycles. The maximum Gasteiger partial charge on any atom is 0.265 e. The van der Waals surface area contributed by atoms with E-state index in [1.165, 1.54) is 17.8 Å². The minimum atomic E-state index is -0.0512. The Kier molecular flexibility index (Phi) is 4.07. The monoisotopic (exact) mass is 305 g/mol. The minimum absolute atomic E-state index is 0.0512. The van der Waals surface area contributed by atoms with Crippen molar-refractivity contribution in [1.82, 2.24) is 9.88 Å². The molecule has 0 aromatic carbocycles. The standard InChI is InChI=1S/C15H19N3O2S/c1-18(9-10-5-2-3-8-20-10)15(19)14-12(16)13-11(21-14)6-4-7-17-13/h4,6-7,10H,2-3,5,8-9,16H2,1H3. The third-order valence-electron chi connectivity index (χ3n) is 3.77. The predicted octanol–water partition coefficient (Wildman–Crippen LogP) is 2.52. The summed E-state index contributed by atoms with van der Waals surface area (Å²) in [6.45, 7) is 1.40. The zero-order valence-electron chi connectivity index (χ0n) is 12.0. The average molecular weight is 305 g/mol. The van der Waals surface area contributed by atoms with Crippen LogP contribution in [0.25, 0.3) is 10.2 Å². The van der Waals surface area contributed by atoms with Gasteiger partial charge in [0, 0.05) is 26.4 Å². The van der Waals surface area contributed by atoms with Crippen molar-refractivity contribution < 1.29 is 9.53 Å². The van der Waals surface area contributed by atoms with Crippen LogP contribution in [0.3, 0.4) is 0 Å². The number of carbonyl (C=O) groups excluding carboxylic acids is 1.